The van der Waals surface area contributed by atoms with Crippen LogP contribution in [0.4, 0.5) is 28.9 Å². The average Bonchev–Trinajstić information content (AvgIpc) is 2.74. The van der Waals surface area contributed by atoms with Gasteiger partial charge in [0.05, 0.1) is 24.5 Å². The van der Waals surface area contributed by atoms with Crippen LogP contribution in [0, 0.1) is 23.3 Å². The molecule has 2 aromatic carbocycles. The molecule has 3 rings (SSSR count). The molecular formula is C20H20F4N4O2. The molecule has 10 heteroatoms. The summed E-state index contributed by atoms with van der Waals surface area (Å²) in [6.07, 6.45) is 0. The van der Waals surface area contributed by atoms with Crippen molar-refractivity contribution < 1.29 is 27.2 Å². The molecule has 0 radical (unpaired) electrons. The van der Waals surface area contributed by atoms with Gasteiger partial charge >= 0.3 is 0 Å². The van der Waals surface area contributed by atoms with Crippen molar-refractivity contribution in [3.63, 3.8) is 0 Å². The van der Waals surface area contributed by atoms with Gasteiger partial charge in [0.25, 0.3) is 0 Å². The van der Waals surface area contributed by atoms with Crippen LogP contribution in [0.5, 0.6) is 0 Å². The van der Waals surface area contributed by atoms with Crippen molar-refractivity contribution in [2.75, 3.05) is 49.5 Å². The van der Waals surface area contributed by atoms with Gasteiger partial charge in [0.1, 0.15) is 5.82 Å². The summed E-state index contributed by atoms with van der Waals surface area (Å²) in [5, 5.41) is 4.47. The lowest BCUT2D eigenvalue weighted by atomic mass is 10.2. The molecule has 2 N–H and O–H groups in total. The van der Waals surface area contributed by atoms with Gasteiger partial charge < -0.3 is 15.5 Å². The minimum Gasteiger partial charge on any atom is -0.367 e. The highest BCUT2D eigenvalue weighted by Gasteiger charge is 2.21. The Kier molecular flexibility index (Phi) is 6.88. The number of rotatable bonds is 6. The maximum absolute atomic E-state index is 13.9. The van der Waals surface area contributed by atoms with Crippen molar-refractivity contribution in [2.45, 2.75) is 0 Å². The maximum atomic E-state index is 13.9. The molecule has 0 atom stereocenters. The zero-order valence-electron chi connectivity index (χ0n) is 15.9. The van der Waals surface area contributed by atoms with Gasteiger partial charge in [-0.05, 0) is 24.3 Å². The summed E-state index contributed by atoms with van der Waals surface area (Å²) >= 11 is 0. The maximum Gasteiger partial charge on any atom is 0.243 e. The van der Waals surface area contributed by atoms with Gasteiger partial charge in [-0.1, -0.05) is 12.1 Å². The first-order chi connectivity index (χ1) is 14.3. The van der Waals surface area contributed by atoms with Crippen LogP contribution in [0.1, 0.15) is 0 Å². The Morgan fingerprint density at radius 2 is 1.53 bits per heavy atom. The molecule has 1 heterocycles. The third kappa shape index (κ3) is 5.26. The van der Waals surface area contributed by atoms with Crippen molar-refractivity contribution in [2.24, 2.45) is 0 Å². The van der Waals surface area contributed by atoms with Crippen LogP contribution in [0.15, 0.2) is 36.4 Å². The summed E-state index contributed by atoms with van der Waals surface area (Å²) in [7, 11) is 0. The van der Waals surface area contributed by atoms with E-state index in [1.54, 1.807) is 18.2 Å². The Bertz CT molecular complexity index is 933. The second-order valence-electron chi connectivity index (χ2n) is 6.76. The first-order valence-electron chi connectivity index (χ1n) is 9.27. The molecule has 6 nitrogen and oxygen atoms in total. The Morgan fingerprint density at radius 1 is 0.833 bits per heavy atom. The Labute approximate surface area is 170 Å². The fourth-order valence-electron chi connectivity index (χ4n) is 3.11. The molecule has 30 heavy (non-hydrogen) atoms. The first kappa shape index (κ1) is 21.6. The SMILES string of the molecule is O=C(CN1CCN(c2ccccc2F)CC1)NCC(=O)Nc1ccc(F)c(F)c1F. The van der Waals surface area contributed by atoms with E-state index in [-0.39, 0.29) is 12.4 Å². The van der Waals surface area contributed by atoms with Crippen LogP contribution in [-0.2, 0) is 9.59 Å². The molecule has 0 saturated carbocycles. The van der Waals surface area contributed by atoms with Gasteiger partial charge in [-0.2, -0.15) is 0 Å². The van der Waals surface area contributed by atoms with Gasteiger partial charge in [-0.15, -0.1) is 0 Å². The number of carbonyl (C=O) groups is 2. The largest absolute Gasteiger partial charge is 0.367 e. The molecule has 2 aromatic rings. The van der Waals surface area contributed by atoms with Crippen molar-refractivity contribution in [3.05, 3.63) is 59.7 Å². The van der Waals surface area contributed by atoms with E-state index in [0.717, 1.165) is 6.07 Å². The predicted molar refractivity (Wildman–Crippen MR) is 103 cm³/mol. The van der Waals surface area contributed by atoms with Crippen LogP contribution in [0.25, 0.3) is 0 Å². The number of piperazine rings is 1. The van der Waals surface area contributed by atoms with E-state index in [0.29, 0.717) is 37.9 Å². The number of carbonyl (C=O) groups excluding carboxylic acids is 2. The molecule has 160 valence electrons. The van der Waals surface area contributed by atoms with Gasteiger partial charge in [-0.3, -0.25) is 14.5 Å². The number of benzene rings is 2. The summed E-state index contributed by atoms with van der Waals surface area (Å²) in [5.41, 5.74) is 0.000139. The number of anilines is 2. The van der Waals surface area contributed by atoms with Gasteiger partial charge in [-0.25, -0.2) is 17.6 Å². The lowest BCUT2D eigenvalue weighted by Gasteiger charge is -2.35. The Morgan fingerprint density at radius 3 is 2.23 bits per heavy atom. The monoisotopic (exact) mass is 424 g/mol. The minimum atomic E-state index is -1.69. The molecule has 1 saturated heterocycles. The highest BCUT2D eigenvalue weighted by molar-refractivity contribution is 5.94. The Balaban J connectivity index is 1.42. The second kappa shape index (κ2) is 9.57. The predicted octanol–water partition coefficient (Wildman–Crippen LogP) is 2.12. The van der Waals surface area contributed by atoms with E-state index in [2.05, 4.69) is 10.6 Å². The summed E-state index contributed by atoms with van der Waals surface area (Å²) in [6, 6.07) is 8.06. The van der Waals surface area contributed by atoms with Crippen LogP contribution in [0.2, 0.25) is 0 Å². The quantitative estimate of drug-likeness (QED) is 0.551. The number of hydrogen-bond donors (Lipinski definition) is 2. The lowest BCUT2D eigenvalue weighted by molar-refractivity contribution is -0.125. The number of amides is 2. The van der Waals surface area contributed by atoms with E-state index in [4.69, 9.17) is 0 Å². The molecule has 2 amide bonds. The van der Waals surface area contributed by atoms with E-state index < -0.39 is 41.5 Å². The molecule has 0 spiro atoms. The number of nitrogens with zero attached hydrogens (tertiary/aromatic N) is 2. The van der Waals surface area contributed by atoms with E-state index >= 15 is 0 Å². The van der Waals surface area contributed by atoms with Crippen LogP contribution in [0.3, 0.4) is 0 Å². The second-order valence-corrected chi connectivity index (χ2v) is 6.76. The zero-order chi connectivity index (χ0) is 21.7. The molecule has 1 aliphatic rings. The van der Waals surface area contributed by atoms with Gasteiger partial charge in [0.2, 0.25) is 11.8 Å². The first-order valence-corrected chi connectivity index (χ1v) is 9.27. The summed E-state index contributed by atoms with van der Waals surface area (Å²) in [6.45, 7) is 1.75. The van der Waals surface area contributed by atoms with E-state index in [1.165, 1.54) is 6.07 Å². The van der Waals surface area contributed by atoms with E-state index in [1.807, 2.05) is 9.80 Å². The lowest BCUT2D eigenvalue weighted by Crippen LogP contribution is -2.50. The van der Waals surface area contributed by atoms with Crippen LogP contribution < -0.4 is 15.5 Å². The van der Waals surface area contributed by atoms with Crippen molar-refractivity contribution in [3.8, 4) is 0 Å². The zero-order valence-corrected chi connectivity index (χ0v) is 15.9. The average molecular weight is 424 g/mol. The topological polar surface area (TPSA) is 64.7 Å². The number of halogens is 4. The molecular weight excluding hydrogens is 404 g/mol. The van der Waals surface area contributed by atoms with Gasteiger partial charge in [0, 0.05) is 26.2 Å². The third-order valence-corrected chi connectivity index (χ3v) is 4.69. The number of nitrogens with one attached hydrogen (secondary N) is 2. The highest BCUT2D eigenvalue weighted by Crippen LogP contribution is 2.20. The van der Waals surface area contributed by atoms with Crippen LogP contribution >= 0.6 is 0 Å². The normalized spacial score (nSPS) is 14.5. The van der Waals surface area contributed by atoms with Crippen molar-refractivity contribution >= 4 is 23.2 Å². The molecule has 0 aromatic heterocycles. The van der Waals surface area contributed by atoms with E-state index in [9.17, 15) is 27.2 Å². The third-order valence-electron chi connectivity index (χ3n) is 4.69. The number of hydrogen-bond acceptors (Lipinski definition) is 4. The molecule has 1 aliphatic heterocycles. The fraction of sp³-hybridized carbons (Fsp3) is 0.300. The summed E-state index contributed by atoms with van der Waals surface area (Å²) in [4.78, 5) is 27.6. The molecule has 1 fully saturated rings. The summed E-state index contributed by atoms with van der Waals surface area (Å²) < 4.78 is 53.5. The highest BCUT2D eigenvalue weighted by atomic mass is 19.2. The molecule has 0 bridgehead atoms. The van der Waals surface area contributed by atoms with Gasteiger partial charge in [0.15, 0.2) is 17.5 Å². The smallest absolute Gasteiger partial charge is 0.243 e. The molecule has 0 aliphatic carbocycles. The minimum absolute atomic E-state index is 0.0396. The van der Waals surface area contributed by atoms with Crippen molar-refractivity contribution in [1.29, 1.82) is 0 Å². The number of para-hydroxylation sites is 1. The summed E-state index contributed by atoms with van der Waals surface area (Å²) in [5.74, 6) is -6.07. The van der Waals surface area contributed by atoms with Crippen LogP contribution in [-0.4, -0.2) is 56.0 Å². The van der Waals surface area contributed by atoms with Crippen molar-refractivity contribution in [1.82, 2.24) is 10.2 Å². The Hall–Kier alpha value is -3.14. The fourth-order valence-corrected chi connectivity index (χ4v) is 3.11. The molecule has 0 unspecified atom stereocenters. The standard InChI is InChI=1S/C20H20F4N4O2/c21-13-3-1-2-4-16(13)28-9-7-27(8-10-28)12-18(30)25-11-17(29)26-15-6-5-14(22)19(23)20(15)24/h1-6H,7-12H2,(H,25,30)(H,26,29).